The number of anilines is 2. The molecule has 140 valence electrons. The second-order valence-corrected chi connectivity index (χ2v) is 9.20. The lowest BCUT2D eigenvalue weighted by Crippen LogP contribution is -3.14. The van der Waals surface area contributed by atoms with E-state index in [4.69, 9.17) is 11.6 Å². The molecule has 0 aliphatic carbocycles. The topological polar surface area (TPSA) is 62.6 Å². The SMILES string of the molecule is CC[NH+]1CCN(C(=O)[C@@H](C)Sc2nnc(Nc3cccc(Cl)c3)s2)CC1. The molecule has 2 N–H and O–H groups in total. The second-order valence-electron chi connectivity index (χ2n) is 6.20. The molecule has 1 aliphatic rings. The number of amides is 1. The smallest absolute Gasteiger partial charge is 0.236 e. The maximum atomic E-state index is 12.7. The minimum absolute atomic E-state index is 0.162. The summed E-state index contributed by atoms with van der Waals surface area (Å²) in [5.74, 6) is 0.185. The van der Waals surface area contributed by atoms with Gasteiger partial charge in [0.2, 0.25) is 11.0 Å². The van der Waals surface area contributed by atoms with Crippen LogP contribution in [0.3, 0.4) is 0 Å². The maximum Gasteiger partial charge on any atom is 0.236 e. The van der Waals surface area contributed by atoms with Crippen LogP contribution in [0.1, 0.15) is 13.8 Å². The van der Waals surface area contributed by atoms with E-state index in [9.17, 15) is 4.79 Å². The molecule has 0 radical (unpaired) electrons. The van der Waals surface area contributed by atoms with Gasteiger partial charge in [-0.3, -0.25) is 4.79 Å². The molecule has 1 amide bonds. The molecule has 9 heteroatoms. The second kappa shape index (κ2) is 9.03. The van der Waals surface area contributed by atoms with Gasteiger partial charge in [0.1, 0.15) is 0 Å². The fourth-order valence-corrected chi connectivity index (χ4v) is 5.04. The number of rotatable bonds is 6. The molecule has 1 aromatic carbocycles. The monoisotopic (exact) mass is 412 g/mol. The van der Waals surface area contributed by atoms with E-state index in [1.54, 1.807) is 4.90 Å². The van der Waals surface area contributed by atoms with E-state index in [2.05, 4.69) is 22.4 Å². The van der Waals surface area contributed by atoms with Crippen LogP contribution in [0.15, 0.2) is 28.6 Å². The van der Waals surface area contributed by atoms with E-state index < -0.39 is 0 Å². The van der Waals surface area contributed by atoms with Crippen molar-refractivity contribution >= 4 is 51.4 Å². The molecule has 6 nitrogen and oxygen atoms in total. The van der Waals surface area contributed by atoms with Crippen molar-refractivity contribution < 1.29 is 9.69 Å². The van der Waals surface area contributed by atoms with Gasteiger partial charge in [0.25, 0.3) is 0 Å². The summed E-state index contributed by atoms with van der Waals surface area (Å²) in [6.45, 7) is 9.00. The molecular weight excluding hydrogens is 390 g/mol. The molecule has 2 aromatic rings. The van der Waals surface area contributed by atoms with Crippen LogP contribution in [-0.4, -0.2) is 59.0 Å². The van der Waals surface area contributed by atoms with E-state index in [-0.39, 0.29) is 11.2 Å². The Morgan fingerprint density at radius 3 is 2.88 bits per heavy atom. The van der Waals surface area contributed by atoms with Crippen molar-refractivity contribution in [1.82, 2.24) is 15.1 Å². The summed E-state index contributed by atoms with van der Waals surface area (Å²) in [4.78, 5) is 16.2. The van der Waals surface area contributed by atoms with Crippen LogP contribution in [0, 0.1) is 0 Å². The number of carbonyl (C=O) groups is 1. The Bertz CT molecular complexity index is 748. The van der Waals surface area contributed by atoms with Gasteiger partial charge in [-0.2, -0.15) is 0 Å². The lowest BCUT2D eigenvalue weighted by molar-refractivity contribution is -0.902. The summed E-state index contributed by atoms with van der Waals surface area (Å²) in [6.07, 6.45) is 0. The highest BCUT2D eigenvalue weighted by Crippen LogP contribution is 2.31. The first kappa shape index (κ1) is 19.4. The van der Waals surface area contributed by atoms with Crippen LogP contribution in [0.2, 0.25) is 5.02 Å². The van der Waals surface area contributed by atoms with Gasteiger partial charge in [0.05, 0.1) is 38.0 Å². The van der Waals surface area contributed by atoms with Crippen molar-refractivity contribution in [2.24, 2.45) is 0 Å². The number of thioether (sulfide) groups is 1. The number of likely N-dealkylation sites (N-methyl/N-ethyl adjacent to an activating group) is 1. The highest BCUT2D eigenvalue weighted by Gasteiger charge is 2.27. The number of benzene rings is 1. The third-order valence-electron chi connectivity index (χ3n) is 4.39. The quantitative estimate of drug-likeness (QED) is 0.712. The maximum absolute atomic E-state index is 12.7. The average molecular weight is 413 g/mol. The van der Waals surface area contributed by atoms with E-state index in [0.29, 0.717) is 10.2 Å². The van der Waals surface area contributed by atoms with Gasteiger partial charge < -0.3 is 15.1 Å². The number of hydrogen-bond acceptors (Lipinski definition) is 6. The Kier molecular flexibility index (Phi) is 6.74. The zero-order valence-electron chi connectivity index (χ0n) is 14.9. The largest absolute Gasteiger partial charge is 0.332 e. The zero-order chi connectivity index (χ0) is 18.5. The first-order valence-corrected chi connectivity index (χ1v) is 10.8. The van der Waals surface area contributed by atoms with E-state index >= 15 is 0 Å². The van der Waals surface area contributed by atoms with Gasteiger partial charge in [-0.15, -0.1) is 10.2 Å². The van der Waals surface area contributed by atoms with Crippen LogP contribution < -0.4 is 10.2 Å². The van der Waals surface area contributed by atoms with Gasteiger partial charge in [0, 0.05) is 10.7 Å². The molecular formula is C17H23ClN5OS2+. The minimum Gasteiger partial charge on any atom is -0.332 e. The highest BCUT2D eigenvalue weighted by molar-refractivity contribution is 8.02. The van der Waals surface area contributed by atoms with Crippen LogP contribution in [0.5, 0.6) is 0 Å². The molecule has 3 rings (SSSR count). The van der Waals surface area contributed by atoms with E-state index in [1.165, 1.54) is 23.1 Å². The number of carbonyl (C=O) groups excluding carboxylic acids is 1. The lowest BCUT2D eigenvalue weighted by Gasteiger charge is -2.32. The van der Waals surface area contributed by atoms with Crippen LogP contribution >= 0.6 is 34.7 Å². The fraction of sp³-hybridized carbons (Fsp3) is 0.471. The Labute approximate surface area is 166 Å². The number of hydrogen-bond donors (Lipinski definition) is 2. The minimum atomic E-state index is -0.162. The standard InChI is InChI=1S/C17H22ClN5OS2/c1-3-22-7-9-23(10-8-22)15(24)12(2)25-17-21-20-16(26-17)19-14-6-4-5-13(18)11-14/h4-6,11-12H,3,7-10H2,1-2H3,(H,19,20)/p+1/t12-/m1/s1. The Balaban J connectivity index is 1.54. The van der Waals surface area contributed by atoms with Crippen LogP contribution in [0.25, 0.3) is 0 Å². The zero-order valence-corrected chi connectivity index (χ0v) is 17.3. The molecule has 1 saturated heterocycles. The van der Waals surface area contributed by atoms with Gasteiger partial charge >= 0.3 is 0 Å². The Morgan fingerprint density at radius 1 is 1.42 bits per heavy atom. The van der Waals surface area contributed by atoms with Crippen LogP contribution in [0.4, 0.5) is 10.8 Å². The van der Waals surface area contributed by atoms with E-state index in [1.807, 2.05) is 36.1 Å². The molecule has 0 bridgehead atoms. The number of aromatic nitrogens is 2. The van der Waals surface area contributed by atoms with Gasteiger partial charge in [-0.25, -0.2) is 0 Å². The molecule has 1 atom stereocenters. The summed E-state index contributed by atoms with van der Waals surface area (Å²) >= 11 is 8.90. The third kappa shape index (κ3) is 5.09. The summed E-state index contributed by atoms with van der Waals surface area (Å²) in [5, 5.41) is 12.7. The predicted octanol–water partition coefficient (Wildman–Crippen LogP) is 2.16. The summed E-state index contributed by atoms with van der Waals surface area (Å²) < 4.78 is 0.785. The van der Waals surface area contributed by atoms with Crippen molar-refractivity contribution in [2.45, 2.75) is 23.4 Å². The molecule has 0 unspecified atom stereocenters. The van der Waals surface area contributed by atoms with Crippen molar-refractivity contribution in [1.29, 1.82) is 0 Å². The lowest BCUT2D eigenvalue weighted by atomic mass is 10.3. The number of nitrogens with zero attached hydrogens (tertiary/aromatic N) is 3. The number of quaternary nitrogens is 1. The van der Waals surface area contributed by atoms with Crippen molar-refractivity contribution in [3.63, 3.8) is 0 Å². The normalized spacial score (nSPS) is 16.5. The molecule has 1 aromatic heterocycles. The number of halogens is 1. The molecule has 1 aliphatic heterocycles. The molecule has 1 fully saturated rings. The predicted molar refractivity (Wildman–Crippen MR) is 108 cm³/mol. The molecule has 2 heterocycles. The number of piperazine rings is 1. The average Bonchev–Trinajstić information content (AvgIpc) is 3.08. The Hall–Kier alpha value is -1.35. The van der Waals surface area contributed by atoms with Gasteiger partial charge in [-0.05, 0) is 32.0 Å². The number of nitrogens with one attached hydrogen (secondary N) is 2. The third-order valence-corrected chi connectivity index (χ3v) is 6.64. The first-order chi connectivity index (χ1) is 12.5. The summed E-state index contributed by atoms with van der Waals surface area (Å²) in [7, 11) is 0. The summed E-state index contributed by atoms with van der Waals surface area (Å²) in [6, 6.07) is 7.45. The van der Waals surface area contributed by atoms with Crippen LogP contribution in [-0.2, 0) is 4.79 Å². The Morgan fingerprint density at radius 2 is 2.19 bits per heavy atom. The summed E-state index contributed by atoms with van der Waals surface area (Å²) in [5.41, 5.74) is 0.866. The molecule has 26 heavy (non-hydrogen) atoms. The first-order valence-electron chi connectivity index (χ1n) is 8.70. The molecule has 0 saturated carbocycles. The van der Waals surface area contributed by atoms with Crippen molar-refractivity contribution in [3.05, 3.63) is 29.3 Å². The fourth-order valence-electron chi connectivity index (χ4n) is 2.85. The van der Waals surface area contributed by atoms with Crippen molar-refractivity contribution in [3.8, 4) is 0 Å². The van der Waals surface area contributed by atoms with Gasteiger partial charge in [-0.1, -0.05) is 40.8 Å². The van der Waals surface area contributed by atoms with E-state index in [0.717, 1.165) is 42.8 Å². The van der Waals surface area contributed by atoms with Crippen molar-refractivity contribution in [2.75, 3.05) is 38.0 Å². The van der Waals surface area contributed by atoms with Gasteiger partial charge in [0.15, 0.2) is 4.34 Å². The highest BCUT2D eigenvalue weighted by atomic mass is 35.5. The molecule has 0 spiro atoms.